The highest BCUT2D eigenvalue weighted by Gasteiger charge is 2.35. The Labute approximate surface area is 149 Å². The molecular weight excluding hydrogens is 336 g/mol. The number of aromatic carboxylic acids is 1. The number of aromatic nitrogens is 1. The first-order valence-electron chi connectivity index (χ1n) is 8.47. The minimum Gasteiger partial charge on any atom is -0.476 e. The van der Waals surface area contributed by atoms with E-state index in [2.05, 4.69) is 11.1 Å². The van der Waals surface area contributed by atoms with Crippen LogP contribution >= 0.6 is 0 Å². The molecule has 0 aliphatic carbocycles. The van der Waals surface area contributed by atoms with Crippen LogP contribution in [0.25, 0.3) is 5.57 Å². The second-order valence-electron chi connectivity index (χ2n) is 6.41. The Kier molecular flexibility index (Phi) is 4.30. The molecule has 1 aromatic heterocycles. The van der Waals surface area contributed by atoms with E-state index in [0.717, 1.165) is 24.9 Å². The van der Waals surface area contributed by atoms with Crippen molar-refractivity contribution in [1.29, 1.82) is 0 Å². The second kappa shape index (κ2) is 6.76. The number of ether oxygens (including phenoxy) is 1. The number of oxazole rings is 1. The minimum absolute atomic E-state index is 0.0428. The Hall–Kier alpha value is -2.93. The van der Waals surface area contributed by atoms with Crippen molar-refractivity contribution in [2.45, 2.75) is 12.3 Å². The molecular formula is C19H18N2O5. The summed E-state index contributed by atoms with van der Waals surface area (Å²) < 4.78 is 10.5. The number of carbonyl (C=O) groups is 2. The smallest absolute Gasteiger partial charge is 0.357 e. The Morgan fingerprint density at radius 3 is 2.58 bits per heavy atom. The number of carbonyl (C=O) groups excluding carboxylic acids is 1. The normalized spacial score (nSPS) is 17.5. The number of carboxylic acids is 1. The highest BCUT2D eigenvalue weighted by Crippen LogP contribution is 2.28. The van der Waals surface area contributed by atoms with Crippen LogP contribution in [0.3, 0.4) is 0 Å². The number of benzene rings is 1. The Bertz CT molecular complexity index is 862. The highest BCUT2D eigenvalue weighted by molar-refractivity contribution is 5.95. The molecule has 0 saturated carbocycles. The van der Waals surface area contributed by atoms with Crippen molar-refractivity contribution in [3.8, 4) is 0 Å². The zero-order valence-corrected chi connectivity index (χ0v) is 14.1. The monoisotopic (exact) mass is 354 g/mol. The van der Waals surface area contributed by atoms with Crippen LogP contribution < -0.4 is 0 Å². The third kappa shape index (κ3) is 3.13. The van der Waals surface area contributed by atoms with Gasteiger partial charge in [-0.1, -0.05) is 18.2 Å². The fraction of sp³-hybridized carbons (Fsp3) is 0.316. The molecule has 1 aromatic carbocycles. The molecule has 2 aromatic rings. The van der Waals surface area contributed by atoms with E-state index in [1.54, 1.807) is 4.90 Å². The molecule has 2 aliphatic rings. The topological polar surface area (TPSA) is 92.9 Å². The van der Waals surface area contributed by atoms with Gasteiger partial charge in [-0.3, -0.25) is 4.79 Å². The lowest BCUT2D eigenvalue weighted by Crippen LogP contribution is -2.48. The summed E-state index contributed by atoms with van der Waals surface area (Å²) in [6.45, 7) is 2.31. The van der Waals surface area contributed by atoms with Gasteiger partial charge in [-0.05, 0) is 29.7 Å². The zero-order valence-electron chi connectivity index (χ0n) is 14.1. The van der Waals surface area contributed by atoms with Crippen LogP contribution in [0.15, 0.2) is 41.0 Å². The maximum atomic E-state index is 12.6. The fourth-order valence-electron chi connectivity index (χ4n) is 3.17. The summed E-state index contributed by atoms with van der Waals surface area (Å²) in [5, 5.41) is 8.88. The van der Waals surface area contributed by atoms with E-state index in [1.165, 1.54) is 5.57 Å². The summed E-state index contributed by atoms with van der Waals surface area (Å²) in [7, 11) is 0. The number of nitrogens with zero attached hydrogens (tertiary/aromatic N) is 2. The van der Waals surface area contributed by atoms with Crippen LogP contribution in [0, 0.1) is 0 Å². The first-order valence-corrected chi connectivity index (χ1v) is 8.47. The van der Waals surface area contributed by atoms with Gasteiger partial charge in [-0.2, -0.15) is 0 Å². The molecule has 0 radical (unpaired) electrons. The number of carboxylic acid groups (broad SMARTS) is 1. The van der Waals surface area contributed by atoms with Gasteiger partial charge in [0.1, 0.15) is 6.26 Å². The van der Waals surface area contributed by atoms with Crippen molar-refractivity contribution in [3.63, 3.8) is 0 Å². The number of amides is 1. The molecule has 2 aliphatic heterocycles. The predicted molar refractivity (Wildman–Crippen MR) is 92.0 cm³/mol. The van der Waals surface area contributed by atoms with Crippen LogP contribution in [0.2, 0.25) is 0 Å². The average Bonchev–Trinajstić information content (AvgIpc) is 3.11. The summed E-state index contributed by atoms with van der Waals surface area (Å²) in [4.78, 5) is 29.0. The van der Waals surface area contributed by atoms with Crippen molar-refractivity contribution in [2.24, 2.45) is 0 Å². The van der Waals surface area contributed by atoms with Crippen molar-refractivity contribution in [1.82, 2.24) is 9.88 Å². The molecule has 26 heavy (non-hydrogen) atoms. The lowest BCUT2D eigenvalue weighted by Gasteiger charge is -2.37. The quantitative estimate of drug-likeness (QED) is 0.906. The summed E-state index contributed by atoms with van der Waals surface area (Å²) in [6, 6.07) is 7.62. The SMILES string of the molecule is O=C(O)c1coc(C2CN(C(=O)c3ccc(C4=CCOCC4)cc3)C2)n1. The van der Waals surface area contributed by atoms with E-state index in [-0.39, 0.29) is 17.5 Å². The Balaban J connectivity index is 1.38. The van der Waals surface area contributed by atoms with Gasteiger partial charge in [0.15, 0.2) is 5.69 Å². The molecule has 7 nitrogen and oxygen atoms in total. The molecule has 0 atom stereocenters. The van der Waals surface area contributed by atoms with Crippen LogP contribution in [0.5, 0.6) is 0 Å². The van der Waals surface area contributed by atoms with E-state index >= 15 is 0 Å². The molecule has 0 bridgehead atoms. The average molecular weight is 354 g/mol. The molecule has 134 valence electrons. The largest absolute Gasteiger partial charge is 0.476 e. The molecule has 4 rings (SSSR count). The predicted octanol–water partition coefficient (Wildman–Crippen LogP) is 2.42. The third-order valence-corrected chi connectivity index (χ3v) is 4.73. The summed E-state index contributed by atoms with van der Waals surface area (Å²) in [6.07, 6.45) is 4.09. The summed E-state index contributed by atoms with van der Waals surface area (Å²) >= 11 is 0. The maximum absolute atomic E-state index is 12.6. The van der Waals surface area contributed by atoms with Gasteiger partial charge >= 0.3 is 5.97 Å². The Morgan fingerprint density at radius 2 is 1.96 bits per heavy atom. The molecule has 1 amide bonds. The second-order valence-corrected chi connectivity index (χ2v) is 6.41. The molecule has 1 saturated heterocycles. The maximum Gasteiger partial charge on any atom is 0.357 e. The molecule has 0 spiro atoms. The van der Waals surface area contributed by atoms with Gasteiger partial charge in [-0.25, -0.2) is 9.78 Å². The molecule has 1 fully saturated rings. The van der Waals surface area contributed by atoms with E-state index in [4.69, 9.17) is 14.3 Å². The van der Waals surface area contributed by atoms with Gasteiger partial charge in [-0.15, -0.1) is 0 Å². The number of rotatable bonds is 4. The number of hydrogen-bond donors (Lipinski definition) is 1. The van der Waals surface area contributed by atoms with E-state index in [1.807, 2.05) is 24.3 Å². The van der Waals surface area contributed by atoms with Crippen molar-refractivity contribution < 1.29 is 23.8 Å². The van der Waals surface area contributed by atoms with Gasteiger partial charge in [0.2, 0.25) is 5.89 Å². The van der Waals surface area contributed by atoms with E-state index in [9.17, 15) is 9.59 Å². The van der Waals surface area contributed by atoms with Crippen molar-refractivity contribution >= 4 is 17.4 Å². The van der Waals surface area contributed by atoms with Crippen LogP contribution in [0.1, 0.15) is 44.6 Å². The first kappa shape index (κ1) is 16.5. The van der Waals surface area contributed by atoms with E-state index in [0.29, 0.717) is 31.2 Å². The van der Waals surface area contributed by atoms with Crippen LogP contribution in [-0.2, 0) is 4.74 Å². The first-order chi connectivity index (χ1) is 12.6. The van der Waals surface area contributed by atoms with Crippen molar-refractivity contribution in [3.05, 3.63) is 59.3 Å². The van der Waals surface area contributed by atoms with Gasteiger partial charge in [0, 0.05) is 18.7 Å². The summed E-state index contributed by atoms with van der Waals surface area (Å²) in [5.41, 5.74) is 2.89. The van der Waals surface area contributed by atoms with Crippen molar-refractivity contribution in [2.75, 3.05) is 26.3 Å². The van der Waals surface area contributed by atoms with Gasteiger partial charge in [0.05, 0.1) is 19.1 Å². The number of hydrogen-bond acceptors (Lipinski definition) is 5. The lowest BCUT2D eigenvalue weighted by molar-refractivity contribution is 0.0574. The zero-order chi connectivity index (χ0) is 18.1. The lowest BCUT2D eigenvalue weighted by atomic mass is 9.97. The van der Waals surface area contributed by atoms with E-state index < -0.39 is 5.97 Å². The van der Waals surface area contributed by atoms with Crippen LogP contribution in [0.4, 0.5) is 0 Å². The molecule has 3 heterocycles. The summed E-state index contributed by atoms with van der Waals surface area (Å²) in [5.74, 6) is -0.849. The third-order valence-electron chi connectivity index (χ3n) is 4.73. The highest BCUT2D eigenvalue weighted by atomic mass is 16.5. The fourth-order valence-corrected chi connectivity index (χ4v) is 3.17. The molecule has 7 heteroatoms. The standard InChI is InChI=1S/C19H18N2O5/c22-18(14-3-1-12(2-4-14)13-5-7-25-8-6-13)21-9-15(10-21)17-20-16(11-26-17)19(23)24/h1-5,11,15H,6-10H2,(H,23,24). The van der Waals surface area contributed by atoms with Crippen LogP contribution in [-0.4, -0.2) is 53.2 Å². The minimum atomic E-state index is -1.12. The Morgan fingerprint density at radius 1 is 1.19 bits per heavy atom. The molecule has 0 unspecified atom stereocenters. The molecule has 1 N–H and O–H groups in total. The van der Waals surface area contributed by atoms with Gasteiger partial charge in [0.25, 0.3) is 5.91 Å². The number of likely N-dealkylation sites (tertiary alicyclic amines) is 1. The van der Waals surface area contributed by atoms with Gasteiger partial charge < -0.3 is 19.2 Å².